The first-order chi connectivity index (χ1) is 18.3. The summed E-state index contributed by atoms with van der Waals surface area (Å²) in [5, 5.41) is 2.25. The van der Waals surface area contributed by atoms with Crippen LogP contribution in [0, 0.1) is 0 Å². The zero-order chi connectivity index (χ0) is 26.2. The molecule has 0 amide bonds. The van der Waals surface area contributed by atoms with E-state index in [0.29, 0.717) is 0 Å². The monoisotopic (exact) mass is 508 g/mol. The van der Waals surface area contributed by atoms with Gasteiger partial charge in [0.1, 0.15) is 0 Å². The molecule has 2 aromatic heterocycles. The van der Waals surface area contributed by atoms with Gasteiger partial charge in [-0.25, -0.2) is 0 Å². The Labute approximate surface area is 228 Å². The first-order valence-corrected chi connectivity index (χ1v) is 15.6. The number of pyridine rings is 2. The summed E-state index contributed by atoms with van der Waals surface area (Å²) in [6, 6.07) is 8.67. The van der Waals surface area contributed by atoms with Gasteiger partial charge < -0.3 is 9.13 Å². The van der Waals surface area contributed by atoms with Gasteiger partial charge in [0.25, 0.3) is 0 Å². The molecule has 0 fully saturated rings. The van der Waals surface area contributed by atoms with E-state index in [9.17, 15) is 0 Å². The van der Waals surface area contributed by atoms with Crippen LogP contribution in [0.1, 0.15) is 123 Å². The minimum absolute atomic E-state index is 0.965. The number of hydrogen-bond donors (Lipinski definition) is 0. The average Bonchev–Trinajstić information content (AvgIpc) is 2.93. The molecule has 2 rings (SSSR count). The predicted octanol–water partition coefficient (Wildman–Crippen LogP) is 8.46. The summed E-state index contributed by atoms with van der Waals surface area (Å²) in [7, 11) is 0. The third-order valence-electron chi connectivity index (χ3n) is 7.19. The van der Waals surface area contributed by atoms with E-state index in [1.165, 1.54) is 109 Å². The van der Waals surface area contributed by atoms with Crippen molar-refractivity contribution in [2.45, 2.75) is 136 Å². The standard InChI is InChI=1S/C33H56N4/c1-3-5-7-9-12-16-24-34-32-20-28-36(29-21-32)26-18-14-11-15-19-27-37-30-22-33(23-31-37)35-25-17-13-10-8-6-4-2/h20-23,28-31H,3-19,24-27H2,1-2H3. The highest BCUT2D eigenvalue weighted by Gasteiger charge is 1.95. The quantitative estimate of drug-likeness (QED) is 0.143. The lowest BCUT2D eigenvalue weighted by Gasteiger charge is -2.07. The molecule has 0 unspecified atom stereocenters. The molecule has 0 aliphatic carbocycles. The third kappa shape index (κ3) is 16.4. The number of hydrogen-bond acceptors (Lipinski definition) is 2. The molecular weight excluding hydrogens is 452 g/mol. The maximum Gasteiger partial charge on any atom is 0.0603 e. The van der Waals surface area contributed by atoms with E-state index in [0.717, 1.165) is 36.9 Å². The summed E-state index contributed by atoms with van der Waals surface area (Å²) >= 11 is 0. The van der Waals surface area contributed by atoms with Crippen LogP contribution in [0.25, 0.3) is 0 Å². The van der Waals surface area contributed by atoms with Crippen molar-refractivity contribution in [3.05, 3.63) is 59.8 Å². The highest BCUT2D eigenvalue weighted by atomic mass is 14.9. The van der Waals surface area contributed by atoms with Crippen LogP contribution in [-0.2, 0) is 13.1 Å². The lowest BCUT2D eigenvalue weighted by molar-refractivity contribution is 0.533. The van der Waals surface area contributed by atoms with Crippen LogP contribution in [0.5, 0.6) is 0 Å². The predicted molar refractivity (Wildman–Crippen MR) is 160 cm³/mol. The maximum atomic E-state index is 4.73. The lowest BCUT2D eigenvalue weighted by atomic mass is 10.1. The van der Waals surface area contributed by atoms with Crippen molar-refractivity contribution >= 4 is 0 Å². The topological polar surface area (TPSA) is 34.6 Å². The van der Waals surface area contributed by atoms with Crippen LogP contribution in [0.15, 0.2) is 59.0 Å². The Morgan fingerprint density at radius 2 is 0.757 bits per heavy atom. The van der Waals surface area contributed by atoms with E-state index in [1.54, 1.807) is 0 Å². The van der Waals surface area contributed by atoms with Crippen molar-refractivity contribution in [1.29, 1.82) is 0 Å². The van der Waals surface area contributed by atoms with Gasteiger partial charge in [-0.2, -0.15) is 0 Å². The summed E-state index contributed by atoms with van der Waals surface area (Å²) in [5.41, 5.74) is 0. The molecule has 0 saturated carbocycles. The zero-order valence-electron chi connectivity index (χ0n) is 24.3. The van der Waals surface area contributed by atoms with Crippen molar-refractivity contribution in [2.75, 3.05) is 13.1 Å². The average molecular weight is 509 g/mol. The van der Waals surface area contributed by atoms with E-state index in [-0.39, 0.29) is 0 Å². The Balaban J connectivity index is 1.49. The Hall–Kier alpha value is -2.10. The van der Waals surface area contributed by atoms with E-state index in [2.05, 4.69) is 72.0 Å². The van der Waals surface area contributed by atoms with Gasteiger partial charge in [-0.05, 0) is 49.9 Å². The fraction of sp³-hybridized carbons (Fsp3) is 0.697. The SMILES string of the molecule is CCCCCCCCN=c1ccn(CCCCCCCn2ccc(=NCCCCCCCC)cc2)cc1. The number of nitrogens with zero attached hydrogens (tertiary/aromatic N) is 4. The molecule has 4 nitrogen and oxygen atoms in total. The molecule has 0 N–H and O–H groups in total. The van der Waals surface area contributed by atoms with Crippen LogP contribution in [0.3, 0.4) is 0 Å². The second-order valence-corrected chi connectivity index (χ2v) is 10.7. The number of unbranched alkanes of at least 4 members (excludes halogenated alkanes) is 14. The molecular formula is C33H56N4. The highest BCUT2D eigenvalue weighted by molar-refractivity contribution is 4.94. The van der Waals surface area contributed by atoms with Crippen LogP contribution >= 0.6 is 0 Å². The van der Waals surface area contributed by atoms with E-state index in [4.69, 9.17) is 9.98 Å². The molecule has 37 heavy (non-hydrogen) atoms. The summed E-state index contributed by atoms with van der Waals surface area (Å²) in [4.78, 5) is 9.46. The van der Waals surface area contributed by atoms with Crippen molar-refractivity contribution < 1.29 is 0 Å². The Morgan fingerprint density at radius 1 is 0.432 bits per heavy atom. The van der Waals surface area contributed by atoms with Gasteiger partial charge in [0.2, 0.25) is 0 Å². The normalized spacial score (nSPS) is 11.1. The largest absolute Gasteiger partial charge is 0.354 e. The smallest absolute Gasteiger partial charge is 0.0603 e. The third-order valence-corrected chi connectivity index (χ3v) is 7.19. The summed E-state index contributed by atoms with van der Waals surface area (Å²) in [6.07, 6.45) is 31.1. The highest BCUT2D eigenvalue weighted by Crippen LogP contribution is 2.07. The Bertz CT molecular complexity index is 808. The number of rotatable bonds is 22. The van der Waals surface area contributed by atoms with Crippen molar-refractivity contribution in [3.8, 4) is 0 Å². The Kier molecular flexibility index (Phi) is 18.4. The van der Waals surface area contributed by atoms with Crippen LogP contribution in [-0.4, -0.2) is 22.2 Å². The van der Waals surface area contributed by atoms with Crippen molar-refractivity contribution in [2.24, 2.45) is 9.98 Å². The number of aromatic nitrogens is 2. The van der Waals surface area contributed by atoms with E-state index < -0.39 is 0 Å². The van der Waals surface area contributed by atoms with E-state index >= 15 is 0 Å². The molecule has 0 aliphatic rings. The second kappa shape index (κ2) is 21.9. The Morgan fingerprint density at radius 3 is 1.14 bits per heavy atom. The van der Waals surface area contributed by atoms with Gasteiger partial charge >= 0.3 is 0 Å². The van der Waals surface area contributed by atoms with Gasteiger partial charge in [0.05, 0.1) is 10.7 Å². The molecule has 2 aromatic rings. The van der Waals surface area contributed by atoms with Crippen molar-refractivity contribution in [3.63, 3.8) is 0 Å². The summed E-state index contributed by atoms with van der Waals surface area (Å²) in [5.74, 6) is 0. The number of aryl methyl sites for hydroxylation is 2. The molecule has 0 aliphatic heterocycles. The van der Waals surface area contributed by atoms with E-state index in [1.807, 2.05) is 0 Å². The fourth-order valence-corrected chi connectivity index (χ4v) is 4.73. The molecule has 4 heteroatoms. The van der Waals surface area contributed by atoms with Gasteiger partial charge in [-0.1, -0.05) is 97.3 Å². The molecule has 0 aromatic carbocycles. The molecule has 0 bridgehead atoms. The van der Waals surface area contributed by atoms with Crippen LogP contribution in [0.2, 0.25) is 0 Å². The summed E-state index contributed by atoms with van der Waals surface area (Å²) in [6.45, 7) is 8.69. The fourth-order valence-electron chi connectivity index (χ4n) is 4.73. The van der Waals surface area contributed by atoms with Crippen LogP contribution < -0.4 is 10.7 Å². The van der Waals surface area contributed by atoms with Gasteiger partial charge in [0, 0.05) is 51.0 Å². The molecule has 0 atom stereocenters. The van der Waals surface area contributed by atoms with Gasteiger partial charge in [0.15, 0.2) is 0 Å². The molecule has 0 radical (unpaired) electrons. The minimum atomic E-state index is 0.965. The molecule has 0 saturated heterocycles. The van der Waals surface area contributed by atoms with Crippen molar-refractivity contribution in [1.82, 2.24) is 9.13 Å². The second-order valence-electron chi connectivity index (χ2n) is 10.7. The summed E-state index contributed by atoms with van der Waals surface area (Å²) < 4.78 is 4.61. The lowest BCUT2D eigenvalue weighted by Crippen LogP contribution is -2.07. The first-order valence-electron chi connectivity index (χ1n) is 15.6. The zero-order valence-corrected chi connectivity index (χ0v) is 24.3. The molecule has 2 heterocycles. The maximum absolute atomic E-state index is 4.73. The van der Waals surface area contributed by atoms with Crippen LogP contribution in [0.4, 0.5) is 0 Å². The minimum Gasteiger partial charge on any atom is -0.354 e. The van der Waals surface area contributed by atoms with Gasteiger partial charge in [-0.15, -0.1) is 0 Å². The van der Waals surface area contributed by atoms with Gasteiger partial charge in [-0.3, -0.25) is 9.98 Å². The molecule has 208 valence electrons. The molecule has 0 spiro atoms. The first kappa shape index (κ1) is 31.1.